The fourth-order valence-electron chi connectivity index (χ4n) is 1.12. The zero-order valence-corrected chi connectivity index (χ0v) is 8.09. The van der Waals surface area contributed by atoms with E-state index >= 15 is 0 Å². The smallest absolute Gasteiger partial charge is 0.335 e. The first-order chi connectivity index (χ1) is 5.63. The van der Waals surface area contributed by atoms with Gasteiger partial charge in [-0.2, -0.15) is 0 Å². The largest absolute Gasteiger partial charge is 0.479 e. The summed E-state index contributed by atoms with van der Waals surface area (Å²) in [6.45, 7) is 6.17. The lowest BCUT2D eigenvalue weighted by atomic mass is 9.97. The van der Waals surface area contributed by atoms with Crippen LogP contribution in [-0.2, 0) is 9.53 Å². The summed E-state index contributed by atoms with van der Waals surface area (Å²) in [7, 11) is 0. The average molecular weight is 174 g/mol. The Morgan fingerprint density at radius 3 is 2.08 bits per heavy atom. The lowest BCUT2D eigenvalue weighted by Gasteiger charge is -2.26. The first kappa shape index (κ1) is 11.4. The Morgan fingerprint density at radius 1 is 1.33 bits per heavy atom. The average Bonchev–Trinajstić information content (AvgIpc) is 2.07. The fourth-order valence-corrected chi connectivity index (χ4v) is 1.12. The molecule has 0 aromatic carbocycles. The Bertz CT molecular complexity index is 139. The van der Waals surface area contributed by atoms with Crippen LogP contribution in [0.2, 0.25) is 0 Å². The maximum absolute atomic E-state index is 10.9. The molecule has 0 heterocycles. The van der Waals surface area contributed by atoms with Crippen LogP contribution in [0.25, 0.3) is 0 Å². The second-order valence-corrected chi connectivity index (χ2v) is 2.86. The van der Waals surface area contributed by atoms with Gasteiger partial charge in [0.25, 0.3) is 0 Å². The topological polar surface area (TPSA) is 46.5 Å². The van der Waals surface area contributed by atoms with Crippen molar-refractivity contribution < 1.29 is 14.6 Å². The molecule has 0 aliphatic carbocycles. The van der Waals surface area contributed by atoms with Gasteiger partial charge in [0, 0.05) is 6.61 Å². The van der Waals surface area contributed by atoms with Crippen molar-refractivity contribution in [3.63, 3.8) is 0 Å². The van der Waals surface area contributed by atoms with Gasteiger partial charge in [-0.1, -0.05) is 20.8 Å². The second-order valence-electron chi connectivity index (χ2n) is 2.86. The molecule has 0 radical (unpaired) electrons. The van der Waals surface area contributed by atoms with Crippen LogP contribution in [0.5, 0.6) is 0 Å². The first-order valence-corrected chi connectivity index (χ1v) is 4.50. The molecule has 0 saturated heterocycles. The molecule has 0 aliphatic rings. The van der Waals surface area contributed by atoms with Crippen LogP contribution in [0.3, 0.4) is 0 Å². The minimum atomic E-state index is -0.948. The van der Waals surface area contributed by atoms with Crippen molar-refractivity contribution in [1.82, 2.24) is 0 Å². The van der Waals surface area contributed by atoms with Crippen LogP contribution < -0.4 is 0 Å². The molecule has 0 aliphatic heterocycles. The number of aliphatic carboxylic acids is 1. The molecule has 0 atom stereocenters. The summed E-state index contributed by atoms with van der Waals surface area (Å²) >= 11 is 0. The van der Waals surface area contributed by atoms with E-state index in [4.69, 9.17) is 9.84 Å². The summed E-state index contributed by atoms with van der Waals surface area (Å²) in [5.41, 5.74) is -0.948. The zero-order chi connectivity index (χ0) is 9.61. The van der Waals surface area contributed by atoms with Crippen molar-refractivity contribution in [2.75, 3.05) is 6.61 Å². The minimum Gasteiger partial charge on any atom is -0.479 e. The van der Waals surface area contributed by atoms with E-state index in [2.05, 4.69) is 0 Å². The maximum Gasteiger partial charge on any atom is 0.335 e. The van der Waals surface area contributed by atoms with Crippen molar-refractivity contribution in [2.45, 2.75) is 45.6 Å². The Morgan fingerprint density at radius 2 is 1.83 bits per heavy atom. The van der Waals surface area contributed by atoms with Gasteiger partial charge >= 0.3 is 5.97 Å². The van der Waals surface area contributed by atoms with Gasteiger partial charge in [0.1, 0.15) is 0 Å². The second kappa shape index (κ2) is 5.14. The third-order valence-electron chi connectivity index (χ3n) is 2.11. The molecule has 0 aromatic rings. The number of hydrogen-bond acceptors (Lipinski definition) is 2. The number of hydrogen-bond donors (Lipinski definition) is 1. The van der Waals surface area contributed by atoms with Crippen molar-refractivity contribution in [1.29, 1.82) is 0 Å². The Kier molecular flexibility index (Phi) is 4.90. The summed E-state index contributed by atoms with van der Waals surface area (Å²) in [5.74, 6) is -0.846. The number of carboxylic acid groups (broad SMARTS) is 1. The van der Waals surface area contributed by atoms with E-state index in [0.717, 1.165) is 6.42 Å². The summed E-state index contributed by atoms with van der Waals surface area (Å²) in [6.07, 6.45) is 1.91. The summed E-state index contributed by atoms with van der Waals surface area (Å²) in [5, 5.41) is 8.93. The third-order valence-corrected chi connectivity index (χ3v) is 2.11. The number of ether oxygens (including phenoxy) is 1. The molecule has 3 nitrogen and oxygen atoms in total. The maximum atomic E-state index is 10.9. The van der Waals surface area contributed by atoms with E-state index in [0.29, 0.717) is 19.4 Å². The van der Waals surface area contributed by atoms with Crippen molar-refractivity contribution >= 4 is 5.97 Å². The van der Waals surface area contributed by atoms with Gasteiger partial charge in [0.2, 0.25) is 0 Å². The SMILES string of the molecule is CCCOC(CC)(CC)C(=O)O. The molecule has 0 fully saturated rings. The number of rotatable bonds is 6. The van der Waals surface area contributed by atoms with Crippen molar-refractivity contribution in [3.05, 3.63) is 0 Å². The summed E-state index contributed by atoms with van der Waals surface area (Å²) < 4.78 is 5.34. The third kappa shape index (κ3) is 2.48. The molecule has 72 valence electrons. The van der Waals surface area contributed by atoms with Gasteiger partial charge in [-0.15, -0.1) is 0 Å². The van der Waals surface area contributed by atoms with Crippen molar-refractivity contribution in [2.24, 2.45) is 0 Å². The highest BCUT2D eigenvalue weighted by Crippen LogP contribution is 2.20. The van der Waals surface area contributed by atoms with E-state index in [9.17, 15) is 4.79 Å². The molecule has 12 heavy (non-hydrogen) atoms. The first-order valence-electron chi connectivity index (χ1n) is 4.50. The molecular weight excluding hydrogens is 156 g/mol. The van der Waals surface area contributed by atoms with Gasteiger partial charge in [0.05, 0.1) is 0 Å². The minimum absolute atomic E-state index is 0.522. The van der Waals surface area contributed by atoms with Gasteiger partial charge in [-0.3, -0.25) is 0 Å². The number of carboxylic acids is 1. The molecule has 0 spiro atoms. The van der Waals surface area contributed by atoms with Crippen LogP contribution in [-0.4, -0.2) is 23.3 Å². The lowest BCUT2D eigenvalue weighted by molar-refractivity contribution is -0.167. The van der Waals surface area contributed by atoms with E-state index in [1.54, 1.807) is 0 Å². The highest BCUT2D eigenvalue weighted by molar-refractivity contribution is 5.77. The Hall–Kier alpha value is -0.570. The monoisotopic (exact) mass is 174 g/mol. The molecule has 0 bridgehead atoms. The van der Waals surface area contributed by atoms with Gasteiger partial charge in [-0.05, 0) is 19.3 Å². The molecule has 0 unspecified atom stereocenters. The van der Waals surface area contributed by atoms with E-state index in [1.807, 2.05) is 20.8 Å². The predicted octanol–water partition coefficient (Wildman–Crippen LogP) is 2.06. The molecule has 0 amide bonds. The van der Waals surface area contributed by atoms with Gasteiger partial charge < -0.3 is 9.84 Å². The molecule has 0 aromatic heterocycles. The summed E-state index contributed by atoms with van der Waals surface area (Å²) in [6, 6.07) is 0. The molecule has 1 N–H and O–H groups in total. The molecule has 3 heteroatoms. The number of carbonyl (C=O) groups is 1. The lowest BCUT2D eigenvalue weighted by Crippen LogP contribution is -2.40. The molecule has 0 saturated carbocycles. The van der Waals surface area contributed by atoms with Crippen LogP contribution in [0.1, 0.15) is 40.0 Å². The van der Waals surface area contributed by atoms with Crippen molar-refractivity contribution in [3.8, 4) is 0 Å². The molecule has 0 rings (SSSR count). The van der Waals surface area contributed by atoms with E-state index in [1.165, 1.54) is 0 Å². The highest BCUT2D eigenvalue weighted by Gasteiger charge is 2.35. The molecular formula is C9H18O3. The van der Waals surface area contributed by atoms with Gasteiger partial charge in [0.15, 0.2) is 5.60 Å². The van der Waals surface area contributed by atoms with E-state index in [-0.39, 0.29) is 0 Å². The Balaban J connectivity index is 4.25. The standard InChI is InChI=1S/C9H18O3/c1-4-7-12-9(5-2,6-3)8(10)11/h4-7H2,1-3H3,(H,10,11). The van der Waals surface area contributed by atoms with Crippen LogP contribution in [0, 0.1) is 0 Å². The van der Waals surface area contributed by atoms with Gasteiger partial charge in [-0.25, -0.2) is 4.79 Å². The summed E-state index contributed by atoms with van der Waals surface area (Å²) in [4.78, 5) is 10.9. The fraction of sp³-hybridized carbons (Fsp3) is 0.889. The quantitative estimate of drug-likeness (QED) is 0.670. The van der Waals surface area contributed by atoms with E-state index < -0.39 is 11.6 Å². The van der Waals surface area contributed by atoms with Crippen LogP contribution >= 0.6 is 0 Å². The van der Waals surface area contributed by atoms with Crippen LogP contribution in [0.15, 0.2) is 0 Å². The Labute approximate surface area is 73.7 Å². The predicted molar refractivity (Wildman–Crippen MR) is 47.2 cm³/mol. The zero-order valence-electron chi connectivity index (χ0n) is 8.09. The van der Waals surface area contributed by atoms with Crippen LogP contribution in [0.4, 0.5) is 0 Å². The normalized spacial score (nSPS) is 11.6. The highest BCUT2D eigenvalue weighted by atomic mass is 16.5.